The summed E-state index contributed by atoms with van der Waals surface area (Å²) in [4.78, 5) is 40.9. The van der Waals surface area contributed by atoms with Crippen molar-refractivity contribution in [1.29, 1.82) is 0 Å². The Morgan fingerprint density at radius 1 is 1.10 bits per heavy atom. The Labute approximate surface area is 177 Å². The number of carbonyl (C=O) groups excluding carboxylic acids is 3. The van der Waals surface area contributed by atoms with Gasteiger partial charge < -0.3 is 10.6 Å². The third kappa shape index (κ3) is 3.34. The molecule has 0 spiro atoms. The normalized spacial score (nSPS) is 27.0. The zero-order valence-corrected chi connectivity index (χ0v) is 17.4. The van der Waals surface area contributed by atoms with E-state index >= 15 is 0 Å². The molecule has 7 nitrogen and oxygen atoms in total. The number of carbonyl (C=O) groups is 3. The van der Waals surface area contributed by atoms with Crippen molar-refractivity contribution >= 4 is 17.7 Å². The van der Waals surface area contributed by atoms with Crippen LogP contribution in [0.1, 0.15) is 66.4 Å². The summed E-state index contributed by atoms with van der Waals surface area (Å²) in [5, 5.41) is 2.37. The van der Waals surface area contributed by atoms with Gasteiger partial charge in [-0.25, -0.2) is 0 Å². The predicted octanol–water partition coefficient (Wildman–Crippen LogP) is 1.54. The van der Waals surface area contributed by atoms with Gasteiger partial charge in [-0.3, -0.25) is 24.6 Å². The lowest BCUT2D eigenvalue weighted by atomic mass is 9.66. The van der Waals surface area contributed by atoms with E-state index in [9.17, 15) is 14.4 Å². The molecule has 2 saturated heterocycles. The summed E-state index contributed by atoms with van der Waals surface area (Å²) in [7, 11) is 0. The third-order valence-corrected chi connectivity index (χ3v) is 7.76. The Morgan fingerprint density at radius 2 is 1.87 bits per heavy atom. The maximum absolute atomic E-state index is 13.0. The Balaban J connectivity index is 1.27. The highest BCUT2D eigenvalue weighted by molar-refractivity contribution is 6.05. The lowest BCUT2D eigenvalue weighted by molar-refractivity contribution is -0.136. The lowest BCUT2D eigenvalue weighted by Gasteiger charge is -2.48. The van der Waals surface area contributed by atoms with E-state index < -0.39 is 6.04 Å². The number of fused-ring (bicyclic) bond motifs is 1. The van der Waals surface area contributed by atoms with Crippen LogP contribution in [0, 0.1) is 5.92 Å². The van der Waals surface area contributed by atoms with Crippen molar-refractivity contribution in [2.75, 3.05) is 13.1 Å². The average molecular weight is 411 g/mol. The van der Waals surface area contributed by atoms with E-state index in [4.69, 9.17) is 5.73 Å². The molecule has 1 aromatic rings. The molecular formula is C23H30N4O3. The van der Waals surface area contributed by atoms with Crippen LogP contribution in [0.5, 0.6) is 0 Å². The fourth-order valence-electron chi connectivity index (χ4n) is 5.70. The van der Waals surface area contributed by atoms with E-state index in [0.717, 1.165) is 38.0 Å². The van der Waals surface area contributed by atoms with Gasteiger partial charge in [0.2, 0.25) is 11.8 Å². The quantitative estimate of drug-likeness (QED) is 0.734. The van der Waals surface area contributed by atoms with Gasteiger partial charge in [0.15, 0.2) is 0 Å². The highest BCUT2D eigenvalue weighted by Crippen LogP contribution is 2.41. The number of likely N-dealkylation sites (tertiary alicyclic amines) is 1. The second kappa shape index (κ2) is 7.46. The molecule has 1 saturated carbocycles. The average Bonchev–Trinajstić information content (AvgIpc) is 3.04. The van der Waals surface area contributed by atoms with Crippen molar-refractivity contribution < 1.29 is 14.4 Å². The molecule has 0 aromatic heterocycles. The minimum Gasteiger partial charge on any atom is -0.325 e. The zero-order valence-electron chi connectivity index (χ0n) is 17.4. The number of piperidine rings is 2. The van der Waals surface area contributed by atoms with Gasteiger partial charge in [0, 0.05) is 30.6 Å². The Hall–Kier alpha value is -2.25. The smallest absolute Gasteiger partial charge is 0.255 e. The zero-order chi connectivity index (χ0) is 20.9. The van der Waals surface area contributed by atoms with Crippen molar-refractivity contribution in [3.05, 3.63) is 34.9 Å². The van der Waals surface area contributed by atoms with Gasteiger partial charge in [0.05, 0.1) is 0 Å². The van der Waals surface area contributed by atoms with E-state index in [1.54, 1.807) is 4.90 Å². The van der Waals surface area contributed by atoms with Gasteiger partial charge in [-0.05, 0) is 74.7 Å². The van der Waals surface area contributed by atoms with Gasteiger partial charge in [-0.15, -0.1) is 0 Å². The molecule has 160 valence electrons. The largest absolute Gasteiger partial charge is 0.325 e. The first-order valence-corrected chi connectivity index (χ1v) is 11.2. The minimum absolute atomic E-state index is 0.0783. The van der Waals surface area contributed by atoms with Crippen LogP contribution < -0.4 is 11.1 Å². The maximum Gasteiger partial charge on any atom is 0.255 e. The van der Waals surface area contributed by atoms with Crippen molar-refractivity contribution in [3.63, 3.8) is 0 Å². The fourth-order valence-corrected chi connectivity index (χ4v) is 5.70. The molecule has 3 aliphatic heterocycles. The van der Waals surface area contributed by atoms with E-state index in [1.165, 1.54) is 24.8 Å². The van der Waals surface area contributed by atoms with Crippen LogP contribution in [0.2, 0.25) is 0 Å². The molecule has 3 amide bonds. The molecule has 3 N–H and O–H groups in total. The van der Waals surface area contributed by atoms with Gasteiger partial charge >= 0.3 is 0 Å². The van der Waals surface area contributed by atoms with Crippen LogP contribution in [0.15, 0.2) is 18.2 Å². The number of rotatable bonds is 4. The van der Waals surface area contributed by atoms with Crippen LogP contribution in [-0.4, -0.2) is 52.2 Å². The topological polar surface area (TPSA) is 95.7 Å². The Bertz CT molecular complexity index is 886. The molecule has 1 aliphatic carbocycles. The number of hydrogen-bond acceptors (Lipinski definition) is 5. The predicted molar refractivity (Wildman–Crippen MR) is 111 cm³/mol. The first-order chi connectivity index (χ1) is 14.4. The molecule has 0 bridgehead atoms. The first kappa shape index (κ1) is 19.7. The van der Waals surface area contributed by atoms with E-state index in [0.29, 0.717) is 24.4 Å². The fraction of sp³-hybridized carbons (Fsp3) is 0.609. The molecule has 3 heterocycles. The van der Waals surface area contributed by atoms with Crippen molar-refractivity contribution in [3.8, 4) is 0 Å². The molecule has 1 atom stereocenters. The summed E-state index contributed by atoms with van der Waals surface area (Å²) in [6, 6.07) is 5.33. The van der Waals surface area contributed by atoms with Gasteiger partial charge in [-0.1, -0.05) is 12.1 Å². The first-order valence-electron chi connectivity index (χ1n) is 11.2. The molecule has 0 radical (unpaired) electrons. The van der Waals surface area contributed by atoms with Crippen LogP contribution >= 0.6 is 0 Å². The number of imide groups is 1. The third-order valence-electron chi connectivity index (χ3n) is 7.76. The second-order valence-electron chi connectivity index (χ2n) is 9.48. The van der Waals surface area contributed by atoms with Crippen molar-refractivity contribution in [1.82, 2.24) is 15.1 Å². The standard InChI is InChI=1S/C23H30N4O3/c24-23(9-2-10-23)16-7-11-26(12-8-16)13-15-3-1-4-17-18(15)14-27(22(17)30)19-5-6-20(28)25-21(19)29/h1,3-4,16,19H,2,5-14,24H2,(H,25,28,29). The molecule has 1 aromatic carbocycles. The molecule has 30 heavy (non-hydrogen) atoms. The molecule has 3 fully saturated rings. The van der Waals surface area contributed by atoms with Crippen LogP contribution in [0.25, 0.3) is 0 Å². The molecular weight excluding hydrogens is 380 g/mol. The van der Waals surface area contributed by atoms with Crippen molar-refractivity contribution in [2.45, 2.75) is 69.6 Å². The van der Waals surface area contributed by atoms with E-state index in [1.807, 2.05) is 12.1 Å². The summed E-state index contributed by atoms with van der Waals surface area (Å²) < 4.78 is 0. The van der Waals surface area contributed by atoms with E-state index in [2.05, 4.69) is 16.3 Å². The molecule has 5 rings (SSSR count). The van der Waals surface area contributed by atoms with Crippen LogP contribution in [0.3, 0.4) is 0 Å². The summed E-state index contributed by atoms with van der Waals surface area (Å²) >= 11 is 0. The van der Waals surface area contributed by atoms with Gasteiger partial charge in [0.25, 0.3) is 5.91 Å². The number of nitrogens with two attached hydrogens (primary N) is 1. The summed E-state index contributed by atoms with van der Waals surface area (Å²) in [6.45, 7) is 3.35. The van der Waals surface area contributed by atoms with Gasteiger partial charge in [-0.2, -0.15) is 0 Å². The van der Waals surface area contributed by atoms with Crippen molar-refractivity contribution in [2.24, 2.45) is 11.7 Å². The summed E-state index contributed by atoms with van der Waals surface area (Å²) in [6.07, 6.45) is 6.57. The van der Waals surface area contributed by atoms with Gasteiger partial charge in [0.1, 0.15) is 6.04 Å². The second-order valence-corrected chi connectivity index (χ2v) is 9.48. The van der Waals surface area contributed by atoms with E-state index in [-0.39, 0.29) is 29.7 Å². The molecule has 7 heteroatoms. The molecule has 4 aliphatic rings. The number of benzene rings is 1. The monoisotopic (exact) mass is 410 g/mol. The van der Waals surface area contributed by atoms with Crippen LogP contribution in [-0.2, 0) is 22.7 Å². The SMILES string of the molecule is NC1(C2CCN(Cc3cccc4c3CN(C3CCC(=O)NC3=O)C4=O)CC2)CCC1. The Morgan fingerprint density at radius 3 is 2.53 bits per heavy atom. The highest BCUT2D eigenvalue weighted by Gasteiger charge is 2.42. The number of nitrogens with zero attached hydrogens (tertiary/aromatic N) is 2. The summed E-state index contributed by atoms with van der Waals surface area (Å²) in [5.74, 6) is -0.0860. The minimum atomic E-state index is -0.561. The number of nitrogens with one attached hydrogen (secondary N) is 1. The Kier molecular flexibility index (Phi) is 4.90. The number of amides is 3. The van der Waals surface area contributed by atoms with Crippen LogP contribution in [0.4, 0.5) is 0 Å². The summed E-state index contributed by atoms with van der Waals surface area (Å²) in [5.41, 5.74) is 9.53. The number of hydrogen-bond donors (Lipinski definition) is 2. The maximum atomic E-state index is 13.0. The highest BCUT2D eigenvalue weighted by atomic mass is 16.2. The lowest BCUT2D eigenvalue weighted by Crippen LogP contribution is -2.55. The molecule has 1 unspecified atom stereocenters.